The van der Waals surface area contributed by atoms with Gasteiger partial charge in [0.2, 0.25) is 0 Å². The van der Waals surface area contributed by atoms with E-state index in [1.54, 1.807) is 0 Å². The standard InChI is InChI=1S/C5H10N2O/c1-7-3-2-5(4-8)6-7/h4-6H,2-3H2,1H3. The molecule has 1 aliphatic heterocycles. The topological polar surface area (TPSA) is 32.3 Å². The van der Waals surface area contributed by atoms with Gasteiger partial charge in [0.05, 0.1) is 6.04 Å². The van der Waals surface area contributed by atoms with Gasteiger partial charge in [-0.3, -0.25) is 0 Å². The largest absolute Gasteiger partial charge is 0.302 e. The van der Waals surface area contributed by atoms with Gasteiger partial charge in [0.25, 0.3) is 0 Å². The molecule has 0 bridgehead atoms. The first-order chi connectivity index (χ1) is 3.83. The third-order valence-electron chi connectivity index (χ3n) is 1.33. The maximum Gasteiger partial charge on any atom is 0.138 e. The third kappa shape index (κ3) is 1.05. The molecule has 0 radical (unpaired) electrons. The Morgan fingerprint density at radius 1 is 1.88 bits per heavy atom. The van der Waals surface area contributed by atoms with E-state index in [-0.39, 0.29) is 6.04 Å². The van der Waals surface area contributed by atoms with E-state index in [2.05, 4.69) is 5.43 Å². The molecule has 1 rings (SSSR count). The van der Waals surface area contributed by atoms with Crippen LogP contribution in [0.3, 0.4) is 0 Å². The highest BCUT2D eigenvalue weighted by Crippen LogP contribution is 1.98. The van der Waals surface area contributed by atoms with Gasteiger partial charge in [0.15, 0.2) is 0 Å². The minimum absolute atomic E-state index is 0.0694. The molecule has 1 saturated heterocycles. The van der Waals surface area contributed by atoms with E-state index in [4.69, 9.17) is 0 Å². The molecule has 1 N–H and O–H groups in total. The summed E-state index contributed by atoms with van der Waals surface area (Å²) in [4.78, 5) is 10.1. The molecule has 0 spiro atoms. The summed E-state index contributed by atoms with van der Waals surface area (Å²) in [5.74, 6) is 0. The van der Waals surface area contributed by atoms with E-state index in [0.717, 1.165) is 19.3 Å². The van der Waals surface area contributed by atoms with Crippen LogP contribution in [0.15, 0.2) is 0 Å². The van der Waals surface area contributed by atoms with Crippen molar-refractivity contribution in [2.75, 3.05) is 13.6 Å². The maximum atomic E-state index is 10.1. The molecular weight excluding hydrogens is 104 g/mol. The lowest BCUT2D eigenvalue weighted by Crippen LogP contribution is -2.32. The fourth-order valence-corrected chi connectivity index (χ4v) is 0.843. The molecule has 1 fully saturated rings. The molecule has 1 atom stereocenters. The molecule has 0 aromatic rings. The van der Waals surface area contributed by atoms with Gasteiger partial charge >= 0.3 is 0 Å². The molecule has 0 aromatic carbocycles. The molecule has 0 amide bonds. The molecule has 46 valence electrons. The Balaban J connectivity index is 2.32. The molecule has 3 heteroatoms. The van der Waals surface area contributed by atoms with Crippen LogP contribution >= 0.6 is 0 Å². The van der Waals surface area contributed by atoms with Gasteiger partial charge in [-0.05, 0) is 6.42 Å². The highest BCUT2D eigenvalue weighted by molar-refractivity contribution is 5.57. The summed E-state index contributed by atoms with van der Waals surface area (Å²) in [7, 11) is 1.93. The Morgan fingerprint density at radius 3 is 2.88 bits per heavy atom. The van der Waals surface area contributed by atoms with Crippen molar-refractivity contribution < 1.29 is 4.79 Å². The van der Waals surface area contributed by atoms with Crippen molar-refractivity contribution >= 4 is 6.29 Å². The summed E-state index contributed by atoms with van der Waals surface area (Å²) in [6.07, 6.45) is 1.89. The fraction of sp³-hybridized carbons (Fsp3) is 0.800. The van der Waals surface area contributed by atoms with Gasteiger partial charge in [-0.25, -0.2) is 10.4 Å². The van der Waals surface area contributed by atoms with Crippen molar-refractivity contribution in [1.82, 2.24) is 10.4 Å². The van der Waals surface area contributed by atoms with Crippen molar-refractivity contribution in [3.8, 4) is 0 Å². The van der Waals surface area contributed by atoms with Crippen LogP contribution in [0.25, 0.3) is 0 Å². The van der Waals surface area contributed by atoms with Crippen molar-refractivity contribution in [1.29, 1.82) is 0 Å². The van der Waals surface area contributed by atoms with Gasteiger partial charge in [-0.2, -0.15) is 0 Å². The monoisotopic (exact) mass is 114 g/mol. The number of rotatable bonds is 1. The van der Waals surface area contributed by atoms with Crippen LogP contribution in [0, 0.1) is 0 Å². The number of hydrogen-bond donors (Lipinski definition) is 1. The molecule has 0 aromatic heterocycles. The average molecular weight is 114 g/mol. The van der Waals surface area contributed by atoms with Crippen molar-refractivity contribution in [3.05, 3.63) is 0 Å². The first-order valence-corrected chi connectivity index (χ1v) is 2.75. The van der Waals surface area contributed by atoms with Crippen molar-refractivity contribution in [2.45, 2.75) is 12.5 Å². The van der Waals surface area contributed by atoms with E-state index in [9.17, 15) is 4.79 Å². The van der Waals surface area contributed by atoms with Gasteiger partial charge in [-0.1, -0.05) is 0 Å². The second kappa shape index (κ2) is 2.24. The molecule has 1 heterocycles. The molecule has 8 heavy (non-hydrogen) atoms. The lowest BCUT2D eigenvalue weighted by Gasteiger charge is -2.06. The normalized spacial score (nSPS) is 30.9. The van der Waals surface area contributed by atoms with Crippen LogP contribution in [0.1, 0.15) is 6.42 Å². The lowest BCUT2D eigenvalue weighted by atomic mass is 10.3. The zero-order chi connectivity index (χ0) is 5.98. The SMILES string of the molecule is CN1CCC(C=O)N1. The minimum atomic E-state index is 0.0694. The van der Waals surface area contributed by atoms with Gasteiger partial charge in [0, 0.05) is 13.6 Å². The number of carbonyl (C=O) groups excluding carboxylic acids is 1. The van der Waals surface area contributed by atoms with E-state index in [0.29, 0.717) is 0 Å². The second-order valence-corrected chi connectivity index (χ2v) is 2.08. The van der Waals surface area contributed by atoms with Crippen LogP contribution < -0.4 is 5.43 Å². The van der Waals surface area contributed by atoms with Crippen LogP contribution in [-0.4, -0.2) is 30.9 Å². The van der Waals surface area contributed by atoms with Crippen molar-refractivity contribution in [2.24, 2.45) is 0 Å². The number of hydrazine groups is 1. The Kier molecular flexibility index (Phi) is 1.60. The predicted octanol–water partition coefficient (Wildman–Crippen LogP) is -0.606. The van der Waals surface area contributed by atoms with Gasteiger partial charge in [0.1, 0.15) is 6.29 Å². The zero-order valence-electron chi connectivity index (χ0n) is 4.92. The number of nitrogens with one attached hydrogen (secondary N) is 1. The van der Waals surface area contributed by atoms with Crippen LogP contribution in [0.5, 0.6) is 0 Å². The number of aldehydes is 1. The van der Waals surface area contributed by atoms with Crippen LogP contribution in [-0.2, 0) is 4.79 Å². The van der Waals surface area contributed by atoms with Crippen LogP contribution in [0.4, 0.5) is 0 Å². The predicted molar refractivity (Wildman–Crippen MR) is 30.2 cm³/mol. The number of carbonyl (C=O) groups is 1. The summed E-state index contributed by atoms with van der Waals surface area (Å²) in [5, 5.41) is 1.93. The highest BCUT2D eigenvalue weighted by atomic mass is 16.1. The van der Waals surface area contributed by atoms with E-state index in [1.165, 1.54) is 0 Å². The summed E-state index contributed by atoms with van der Waals surface area (Å²) in [6, 6.07) is 0.0694. The molecular formula is C5H10N2O. The molecule has 3 nitrogen and oxygen atoms in total. The third-order valence-corrected chi connectivity index (χ3v) is 1.33. The summed E-state index contributed by atoms with van der Waals surface area (Å²) >= 11 is 0. The molecule has 0 aliphatic carbocycles. The quantitative estimate of drug-likeness (QED) is 0.462. The van der Waals surface area contributed by atoms with E-state index < -0.39 is 0 Å². The Hall–Kier alpha value is -0.410. The lowest BCUT2D eigenvalue weighted by molar-refractivity contribution is -0.109. The average Bonchev–Trinajstić information content (AvgIpc) is 2.14. The van der Waals surface area contributed by atoms with Crippen molar-refractivity contribution in [3.63, 3.8) is 0 Å². The molecule has 0 saturated carbocycles. The number of nitrogens with zero attached hydrogens (tertiary/aromatic N) is 1. The first-order valence-electron chi connectivity index (χ1n) is 2.75. The summed E-state index contributed by atoms with van der Waals surface area (Å²) < 4.78 is 0. The fourth-order valence-electron chi connectivity index (χ4n) is 0.843. The van der Waals surface area contributed by atoms with E-state index >= 15 is 0 Å². The zero-order valence-corrected chi connectivity index (χ0v) is 4.92. The second-order valence-electron chi connectivity index (χ2n) is 2.08. The molecule has 1 unspecified atom stereocenters. The minimum Gasteiger partial charge on any atom is -0.302 e. The Morgan fingerprint density at radius 2 is 2.62 bits per heavy atom. The first kappa shape index (κ1) is 5.72. The van der Waals surface area contributed by atoms with Gasteiger partial charge < -0.3 is 4.79 Å². The van der Waals surface area contributed by atoms with Gasteiger partial charge in [-0.15, -0.1) is 0 Å². The molecule has 1 aliphatic rings. The summed E-state index contributed by atoms with van der Waals surface area (Å²) in [6.45, 7) is 0.976. The van der Waals surface area contributed by atoms with E-state index in [1.807, 2.05) is 12.1 Å². The van der Waals surface area contributed by atoms with Crippen LogP contribution in [0.2, 0.25) is 0 Å². The summed E-state index contributed by atoms with van der Waals surface area (Å²) in [5.41, 5.74) is 2.97. The smallest absolute Gasteiger partial charge is 0.138 e. The highest BCUT2D eigenvalue weighted by Gasteiger charge is 2.16. The maximum absolute atomic E-state index is 10.1. The number of hydrogen-bond acceptors (Lipinski definition) is 3. The Labute approximate surface area is 48.6 Å². The Bertz CT molecular complexity index is 94.4.